The fraction of sp³-hybridized carbons (Fsp3) is 0.533. The van der Waals surface area contributed by atoms with Crippen LogP contribution in [0.2, 0.25) is 0 Å². The molecule has 0 spiro atoms. The van der Waals surface area contributed by atoms with Crippen LogP contribution in [0.25, 0.3) is 11.0 Å². The zero-order valence-electron chi connectivity index (χ0n) is 12.3. The van der Waals surface area contributed by atoms with Crippen LogP contribution in [-0.4, -0.2) is 34.1 Å². The third kappa shape index (κ3) is 2.73. The van der Waals surface area contributed by atoms with E-state index in [2.05, 4.69) is 54.3 Å². The van der Waals surface area contributed by atoms with Crippen LogP contribution >= 0.6 is 0 Å². The van der Waals surface area contributed by atoms with Crippen LogP contribution in [-0.2, 0) is 0 Å². The van der Waals surface area contributed by atoms with Gasteiger partial charge in [0.05, 0.1) is 11.0 Å². The number of hydrogen-bond donors (Lipinski definition) is 1. The van der Waals surface area contributed by atoms with E-state index in [1.54, 1.807) is 0 Å². The smallest absolute Gasteiger partial charge is 0.201 e. The SMILES string of the molecule is CCN(CC)CC(C)n1c(N)nc2ccc(C)cc21. The lowest BCUT2D eigenvalue weighted by Gasteiger charge is -2.24. The van der Waals surface area contributed by atoms with E-state index in [-0.39, 0.29) is 0 Å². The molecule has 0 saturated carbocycles. The Labute approximate surface area is 115 Å². The average Bonchev–Trinajstić information content (AvgIpc) is 2.71. The van der Waals surface area contributed by atoms with Crippen LogP contribution < -0.4 is 5.73 Å². The molecule has 2 N–H and O–H groups in total. The first-order valence-corrected chi connectivity index (χ1v) is 7.03. The molecule has 0 aliphatic carbocycles. The first kappa shape index (κ1) is 13.9. The highest BCUT2D eigenvalue weighted by atomic mass is 15.2. The summed E-state index contributed by atoms with van der Waals surface area (Å²) in [4.78, 5) is 6.86. The molecule has 1 aromatic heterocycles. The minimum Gasteiger partial charge on any atom is -0.369 e. The largest absolute Gasteiger partial charge is 0.369 e. The van der Waals surface area contributed by atoms with Crippen molar-refractivity contribution in [1.29, 1.82) is 0 Å². The van der Waals surface area contributed by atoms with Crippen molar-refractivity contribution in [2.75, 3.05) is 25.4 Å². The summed E-state index contributed by atoms with van der Waals surface area (Å²) < 4.78 is 2.15. The van der Waals surface area contributed by atoms with Crippen LogP contribution in [0.15, 0.2) is 18.2 Å². The van der Waals surface area contributed by atoms with E-state index in [1.807, 2.05) is 6.07 Å². The van der Waals surface area contributed by atoms with Gasteiger partial charge in [0, 0.05) is 12.6 Å². The average molecular weight is 260 g/mol. The van der Waals surface area contributed by atoms with Crippen LogP contribution in [0.4, 0.5) is 5.95 Å². The Hall–Kier alpha value is -1.55. The van der Waals surface area contributed by atoms with Gasteiger partial charge in [0.25, 0.3) is 0 Å². The number of benzene rings is 1. The molecule has 2 aromatic rings. The van der Waals surface area contributed by atoms with Gasteiger partial charge in [-0.2, -0.15) is 0 Å². The summed E-state index contributed by atoms with van der Waals surface area (Å²) in [5.41, 5.74) is 9.45. The zero-order chi connectivity index (χ0) is 14.0. The number of fused-ring (bicyclic) bond motifs is 1. The Kier molecular flexibility index (Phi) is 4.10. The van der Waals surface area contributed by atoms with Gasteiger partial charge in [0.2, 0.25) is 5.95 Å². The van der Waals surface area contributed by atoms with E-state index in [0.29, 0.717) is 12.0 Å². The van der Waals surface area contributed by atoms with E-state index < -0.39 is 0 Å². The summed E-state index contributed by atoms with van der Waals surface area (Å²) in [6, 6.07) is 6.61. The summed E-state index contributed by atoms with van der Waals surface area (Å²) >= 11 is 0. The topological polar surface area (TPSA) is 47.1 Å². The van der Waals surface area contributed by atoms with Crippen LogP contribution in [0.5, 0.6) is 0 Å². The van der Waals surface area contributed by atoms with Gasteiger partial charge in [0.1, 0.15) is 0 Å². The molecule has 0 bridgehead atoms. The third-order valence-electron chi connectivity index (χ3n) is 3.73. The normalized spacial score (nSPS) is 13.3. The van der Waals surface area contributed by atoms with Crippen molar-refractivity contribution < 1.29 is 0 Å². The molecule has 0 amide bonds. The Balaban J connectivity index is 2.37. The predicted octanol–water partition coefficient (Wildman–Crippen LogP) is 2.83. The van der Waals surface area contributed by atoms with Crippen LogP contribution in [0, 0.1) is 6.92 Å². The Bertz CT molecular complexity index is 555. The van der Waals surface area contributed by atoms with Gasteiger partial charge in [0.15, 0.2) is 0 Å². The summed E-state index contributed by atoms with van der Waals surface area (Å²) in [6.07, 6.45) is 0. The maximum absolute atomic E-state index is 6.10. The predicted molar refractivity (Wildman–Crippen MR) is 81.4 cm³/mol. The molecule has 0 saturated heterocycles. The van der Waals surface area contributed by atoms with Crippen molar-refractivity contribution in [3.05, 3.63) is 23.8 Å². The molecule has 0 radical (unpaired) electrons. The summed E-state index contributed by atoms with van der Waals surface area (Å²) in [6.45, 7) is 11.8. The second-order valence-electron chi connectivity index (χ2n) is 5.17. The van der Waals surface area contributed by atoms with Gasteiger partial charge in [-0.05, 0) is 44.6 Å². The Morgan fingerprint density at radius 3 is 2.63 bits per heavy atom. The van der Waals surface area contributed by atoms with Gasteiger partial charge in [-0.3, -0.25) is 0 Å². The zero-order valence-corrected chi connectivity index (χ0v) is 12.3. The van der Waals surface area contributed by atoms with E-state index in [4.69, 9.17) is 5.73 Å². The standard InChI is InChI=1S/C15H24N4/c1-5-18(6-2)10-12(4)19-14-9-11(3)7-8-13(14)17-15(19)16/h7-9,12H,5-6,10H2,1-4H3,(H2,16,17). The lowest BCUT2D eigenvalue weighted by atomic mass is 10.2. The first-order chi connectivity index (χ1) is 9.06. The van der Waals surface area contributed by atoms with Crippen molar-refractivity contribution in [2.45, 2.75) is 33.7 Å². The van der Waals surface area contributed by atoms with Crippen molar-refractivity contribution in [3.8, 4) is 0 Å². The molecule has 19 heavy (non-hydrogen) atoms. The van der Waals surface area contributed by atoms with Crippen molar-refractivity contribution in [1.82, 2.24) is 14.5 Å². The molecule has 104 valence electrons. The third-order valence-corrected chi connectivity index (χ3v) is 3.73. The maximum Gasteiger partial charge on any atom is 0.201 e. The molecular weight excluding hydrogens is 236 g/mol. The fourth-order valence-electron chi connectivity index (χ4n) is 2.62. The number of nitrogens with two attached hydrogens (primary N) is 1. The number of aryl methyl sites for hydroxylation is 1. The molecule has 0 fully saturated rings. The molecule has 1 atom stereocenters. The van der Waals surface area contributed by atoms with E-state index in [1.165, 1.54) is 5.56 Å². The van der Waals surface area contributed by atoms with Crippen LogP contribution in [0.1, 0.15) is 32.4 Å². The highest BCUT2D eigenvalue weighted by Crippen LogP contribution is 2.24. The quantitative estimate of drug-likeness (QED) is 0.899. The first-order valence-electron chi connectivity index (χ1n) is 7.03. The van der Waals surface area contributed by atoms with Crippen molar-refractivity contribution in [2.24, 2.45) is 0 Å². The van der Waals surface area contributed by atoms with Gasteiger partial charge in [-0.15, -0.1) is 0 Å². The number of anilines is 1. The monoisotopic (exact) mass is 260 g/mol. The molecule has 1 unspecified atom stereocenters. The molecule has 4 nitrogen and oxygen atoms in total. The van der Waals surface area contributed by atoms with E-state index in [9.17, 15) is 0 Å². The van der Waals surface area contributed by atoms with Crippen molar-refractivity contribution >= 4 is 17.0 Å². The molecule has 0 aliphatic heterocycles. The van der Waals surface area contributed by atoms with Gasteiger partial charge >= 0.3 is 0 Å². The Morgan fingerprint density at radius 2 is 2.00 bits per heavy atom. The fourth-order valence-corrected chi connectivity index (χ4v) is 2.62. The highest BCUT2D eigenvalue weighted by Gasteiger charge is 2.15. The number of rotatable bonds is 5. The number of aromatic nitrogens is 2. The second kappa shape index (κ2) is 5.61. The van der Waals surface area contributed by atoms with Gasteiger partial charge < -0.3 is 15.2 Å². The maximum atomic E-state index is 6.10. The molecule has 1 heterocycles. The van der Waals surface area contributed by atoms with E-state index >= 15 is 0 Å². The number of likely N-dealkylation sites (N-methyl/N-ethyl adjacent to an activating group) is 1. The molecule has 0 aliphatic rings. The lowest BCUT2D eigenvalue weighted by molar-refractivity contribution is 0.264. The number of nitrogens with zero attached hydrogens (tertiary/aromatic N) is 3. The van der Waals surface area contributed by atoms with Gasteiger partial charge in [-0.25, -0.2) is 4.98 Å². The van der Waals surface area contributed by atoms with Crippen LogP contribution in [0.3, 0.4) is 0 Å². The van der Waals surface area contributed by atoms with E-state index in [0.717, 1.165) is 30.7 Å². The number of hydrogen-bond acceptors (Lipinski definition) is 3. The minimum atomic E-state index is 0.326. The number of nitrogen functional groups attached to an aromatic ring is 1. The summed E-state index contributed by atoms with van der Waals surface area (Å²) in [7, 11) is 0. The minimum absolute atomic E-state index is 0.326. The molecular formula is C15H24N4. The molecule has 2 rings (SSSR count). The van der Waals surface area contributed by atoms with Gasteiger partial charge in [-0.1, -0.05) is 19.9 Å². The summed E-state index contributed by atoms with van der Waals surface area (Å²) in [5.74, 6) is 0.611. The lowest BCUT2D eigenvalue weighted by Crippen LogP contribution is -2.29. The summed E-state index contributed by atoms with van der Waals surface area (Å²) in [5, 5.41) is 0. The second-order valence-corrected chi connectivity index (χ2v) is 5.17. The Morgan fingerprint density at radius 1 is 1.32 bits per heavy atom. The number of imidazole rings is 1. The highest BCUT2D eigenvalue weighted by molar-refractivity contribution is 5.79. The molecule has 4 heteroatoms. The molecule has 1 aromatic carbocycles. The van der Waals surface area contributed by atoms with Crippen molar-refractivity contribution in [3.63, 3.8) is 0 Å².